The molecule has 0 saturated carbocycles. The van der Waals surface area contributed by atoms with E-state index in [1.807, 2.05) is 6.07 Å². The van der Waals surface area contributed by atoms with Gasteiger partial charge in [0.25, 0.3) is 5.69 Å². The smallest absolute Gasteiger partial charge is 0.338 e. The Kier molecular flexibility index (Phi) is 6.04. The molecule has 0 saturated heterocycles. The monoisotopic (exact) mass is 425 g/mol. The number of carbonyl (C=O) groups excluding carboxylic acids is 1. The molecular weight excluding hydrogens is 410 g/mol. The zero-order valence-corrected chi connectivity index (χ0v) is 16.6. The summed E-state index contributed by atoms with van der Waals surface area (Å²) in [6.45, 7) is 1.72. The van der Waals surface area contributed by atoms with Crippen molar-refractivity contribution in [3.63, 3.8) is 0 Å². The highest BCUT2D eigenvalue weighted by molar-refractivity contribution is 6.32. The topological polar surface area (TPSA) is 128 Å². The second kappa shape index (κ2) is 8.68. The summed E-state index contributed by atoms with van der Waals surface area (Å²) in [5, 5.41) is 21.0. The van der Waals surface area contributed by atoms with E-state index in [0.29, 0.717) is 5.56 Å². The number of benzene rings is 2. The Bertz CT molecular complexity index is 1120. The van der Waals surface area contributed by atoms with E-state index in [2.05, 4.69) is 0 Å². The fraction of sp³-hybridized carbons (Fsp3) is 0.143. The van der Waals surface area contributed by atoms with Gasteiger partial charge in [-0.2, -0.15) is 5.26 Å². The molecule has 0 amide bonds. The summed E-state index contributed by atoms with van der Waals surface area (Å²) >= 11 is 5.93. The van der Waals surface area contributed by atoms with Crippen LogP contribution in [0.4, 0.5) is 5.69 Å². The first kappa shape index (κ1) is 20.9. The van der Waals surface area contributed by atoms with Crippen molar-refractivity contribution in [3.8, 4) is 6.07 Å². The third-order valence-electron chi connectivity index (χ3n) is 4.45. The van der Waals surface area contributed by atoms with Crippen molar-refractivity contribution in [3.05, 3.63) is 91.8 Å². The number of ether oxygens (including phenoxy) is 2. The van der Waals surface area contributed by atoms with Gasteiger partial charge in [0.1, 0.15) is 22.4 Å². The van der Waals surface area contributed by atoms with E-state index in [-0.39, 0.29) is 45.7 Å². The number of esters is 1. The molecule has 2 aromatic rings. The number of nitriles is 1. The third-order valence-corrected chi connectivity index (χ3v) is 4.77. The van der Waals surface area contributed by atoms with Gasteiger partial charge in [-0.1, -0.05) is 48.0 Å². The van der Waals surface area contributed by atoms with Crippen molar-refractivity contribution in [1.82, 2.24) is 0 Å². The van der Waals surface area contributed by atoms with Crippen LogP contribution in [0.1, 0.15) is 24.0 Å². The summed E-state index contributed by atoms with van der Waals surface area (Å²) in [7, 11) is 0. The van der Waals surface area contributed by atoms with Gasteiger partial charge in [0.15, 0.2) is 0 Å². The number of allylic oxidation sites excluding steroid dienone is 1. The molecule has 9 heteroatoms. The maximum atomic E-state index is 12.9. The lowest BCUT2D eigenvalue weighted by molar-refractivity contribution is -0.384. The number of nitrogens with zero attached hydrogens (tertiary/aromatic N) is 2. The molecule has 2 N–H and O–H groups in total. The highest BCUT2D eigenvalue weighted by Gasteiger charge is 2.39. The van der Waals surface area contributed by atoms with Gasteiger partial charge < -0.3 is 15.2 Å². The fourth-order valence-corrected chi connectivity index (χ4v) is 3.35. The molecule has 0 aliphatic carbocycles. The number of nitrogens with two attached hydrogens (primary N) is 1. The van der Waals surface area contributed by atoms with Crippen LogP contribution in [0.3, 0.4) is 0 Å². The lowest BCUT2D eigenvalue weighted by atomic mass is 9.82. The molecule has 0 unspecified atom stereocenters. The predicted octanol–water partition coefficient (Wildman–Crippen LogP) is 4.03. The van der Waals surface area contributed by atoms with Gasteiger partial charge in [0, 0.05) is 11.6 Å². The first-order chi connectivity index (χ1) is 14.4. The Balaban J connectivity index is 2.32. The maximum absolute atomic E-state index is 12.9. The van der Waals surface area contributed by atoms with E-state index in [1.54, 1.807) is 37.3 Å². The first-order valence-electron chi connectivity index (χ1n) is 8.87. The van der Waals surface area contributed by atoms with Crippen LogP contribution < -0.4 is 5.73 Å². The van der Waals surface area contributed by atoms with E-state index < -0.39 is 16.8 Å². The minimum Gasteiger partial charge on any atom is -0.463 e. The summed E-state index contributed by atoms with van der Waals surface area (Å²) in [5.41, 5.74) is 6.41. The average molecular weight is 426 g/mol. The largest absolute Gasteiger partial charge is 0.463 e. The first-order valence-corrected chi connectivity index (χ1v) is 9.25. The van der Waals surface area contributed by atoms with E-state index in [4.69, 9.17) is 26.8 Å². The molecule has 1 aliphatic heterocycles. The Morgan fingerprint density at radius 1 is 1.33 bits per heavy atom. The van der Waals surface area contributed by atoms with E-state index >= 15 is 0 Å². The summed E-state index contributed by atoms with van der Waals surface area (Å²) in [6.07, 6.45) is 0. The SMILES string of the molecule is CCOC(=O)C1=C(c2ccccc2)OC(N)=C(C#N)[C@@H]1c1ccc(Cl)c([N+](=O)[O-])c1. The molecule has 2 aromatic carbocycles. The molecule has 0 fully saturated rings. The average Bonchev–Trinajstić information content (AvgIpc) is 2.74. The molecule has 1 heterocycles. The van der Waals surface area contributed by atoms with E-state index in [9.17, 15) is 20.2 Å². The minimum absolute atomic E-state index is 0.0189. The Morgan fingerprint density at radius 3 is 2.63 bits per heavy atom. The summed E-state index contributed by atoms with van der Waals surface area (Å²) in [5.74, 6) is -1.84. The number of nitro benzene ring substituents is 1. The molecule has 30 heavy (non-hydrogen) atoms. The van der Waals surface area contributed by atoms with Crippen LogP contribution >= 0.6 is 11.6 Å². The van der Waals surface area contributed by atoms with Crippen LogP contribution in [0, 0.1) is 21.4 Å². The van der Waals surface area contributed by atoms with Crippen molar-refractivity contribution in [2.75, 3.05) is 6.61 Å². The van der Waals surface area contributed by atoms with Crippen molar-refractivity contribution >= 4 is 29.0 Å². The van der Waals surface area contributed by atoms with Gasteiger partial charge >= 0.3 is 5.97 Å². The summed E-state index contributed by atoms with van der Waals surface area (Å²) in [6, 6.07) is 14.7. The highest BCUT2D eigenvalue weighted by atomic mass is 35.5. The van der Waals surface area contributed by atoms with Crippen LogP contribution in [-0.4, -0.2) is 17.5 Å². The number of hydrogen-bond donors (Lipinski definition) is 1. The number of carbonyl (C=O) groups is 1. The van der Waals surface area contributed by atoms with Crippen LogP contribution in [-0.2, 0) is 14.3 Å². The highest BCUT2D eigenvalue weighted by Crippen LogP contribution is 2.44. The molecule has 8 nitrogen and oxygen atoms in total. The van der Waals surface area contributed by atoms with Gasteiger partial charge in [0.2, 0.25) is 5.88 Å². The maximum Gasteiger partial charge on any atom is 0.338 e. The molecule has 0 radical (unpaired) electrons. The molecule has 3 rings (SSSR count). The quantitative estimate of drug-likeness (QED) is 0.435. The normalized spacial score (nSPS) is 16.0. The van der Waals surface area contributed by atoms with Crippen molar-refractivity contribution in [2.45, 2.75) is 12.8 Å². The number of nitro groups is 1. The Hall–Kier alpha value is -3.83. The lowest BCUT2D eigenvalue weighted by Crippen LogP contribution is -2.26. The summed E-state index contributed by atoms with van der Waals surface area (Å²) < 4.78 is 10.9. The molecule has 1 aliphatic rings. The zero-order valence-electron chi connectivity index (χ0n) is 15.8. The number of rotatable bonds is 5. The number of halogens is 1. The van der Waals surface area contributed by atoms with Crippen molar-refractivity contribution < 1.29 is 19.2 Å². The second-order valence-electron chi connectivity index (χ2n) is 6.22. The van der Waals surface area contributed by atoms with Crippen LogP contribution in [0.5, 0.6) is 0 Å². The molecule has 152 valence electrons. The Morgan fingerprint density at radius 2 is 2.03 bits per heavy atom. The van der Waals surface area contributed by atoms with Gasteiger partial charge in [-0.25, -0.2) is 4.79 Å². The van der Waals surface area contributed by atoms with Gasteiger partial charge in [-0.3, -0.25) is 10.1 Å². The van der Waals surface area contributed by atoms with Crippen molar-refractivity contribution in [1.29, 1.82) is 5.26 Å². The summed E-state index contributed by atoms with van der Waals surface area (Å²) in [4.78, 5) is 23.7. The number of hydrogen-bond acceptors (Lipinski definition) is 7. The van der Waals surface area contributed by atoms with Crippen molar-refractivity contribution in [2.24, 2.45) is 5.73 Å². The van der Waals surface area contributed by atoms with Gasteiger partial charge in [-0.05, 0) is 18.6 Å². The van der Waals surface area contributed by atoms with E-state index in [1.165, 1.54) is 18.2 Å². The van der Waals surface area contributed by atoms with Gasteiger partial charge in [-0.15, -0.1) is 0 Å². The van der Waals surface area contributed by atoms with Crippen LogP contribution in [0.15, 0.2) is 65.6 Å². The lowest BCUT2D eigenvalue weighted by Gasteiger charge is -2.28. The van der Waals surface area contributed by atoms with Crippen LogP contribution in [0.25, 0.3) is 5.76 Å². The minimum atomic E-state index is -1.03. The zero-order chi connectivity index (χ0) is 21.8. The molecule has 0 bridgehead atoms. The van der Waals surface area contributed by atoms with Gasteiger partial charge in [0.05, 0.1) is 23.0 Å². The van der Waals surface area contributed by atoms with Crippen LogP contribution in [0.2, 0.25) is 5.02 Å². The fourth-order valence-electron chi connectivity index (χ4n) is 3.16. The molecule has 0 aromatic heterocycles. The predicted molar refractivity (Wildman–Crippen MR) is 109 cm³/mol. The molecule has 1 atom stereocenters. The van der Waals surface area contributed by atoms with E-state index in [0.717, 1.165) is 0 Å². The second-order valence-corrected chi connectivity index (χ2v) is 6.63. The third kappa shape index (κ3) is 3.83. The molecular formula is C21H16ClN3O5. The Labute approximate surface area is 176 Å². The molecule has 0 spiro atoms. The standard InChI is InChI=1S/C21H16ClN3O5/c1-2-29-21(26)18-17(13-8-9-15(22)16(10-13)25(27)28)14(11-23)20(24)30-19(18)12-6-4-3-5-7-12/h3-10,17H,2,24H2,1H3/t17-/m0/s1.